The van der Waals surface area contributed by atoms with E-state index >= 15 is 0 Å². The van der Waals surface area contributed by atoms with Crippen LogP contribution in [0.1, 0.15) is 27.9 Å². The minimum atomic E-state index is -1.84. The number of Topliss-reactive ketones (excluding diaryl/α,β-unsaturated/α-hetero) is 1. The average molecular weight is 613 g/mol. The summed E-state index contributed by atoms with van der Waals surface area (Å²) in [5.74, 6) is -2.70. The molecule has 0 radical (unpaired) electrons. The van der Waals surface area contributed by atoms with Crippen molar-refractivity contribution in [3.05, 3.63) is 77.4 Å². The van der Waals surface area contributed by atoms with Crippen LogP contribution in [0.15, 0.2) is 60.7 Å². The second kappa shape index (κ2) is 14.1. The number of ether oxygens (including phenoxy) is 4. The maximum Gasteiger partial charge on any atom is 0.330 e. The first-order valence-electron chi connectivity index (χ1n) is 13.4. The van der Waals surface area contributed by atoms with Crippen molar-refractivity contribution in [1.29, 1.82) is 0 Å². The number of ketones is 1. The number of phenols is 4. The van der Waals surface area contributed by atoms with Gasteiger partial charge >= 0.3 is 5.97 Å². The molecule has 3 aromatic carbocycles. The Bertz CT molecular complexity index is 1500. The van der Waals surface area contributed by atoms with E-state index in [0.717, 1.165) is 23.8 Å². The molecule has 4 rings (SSSR count). The van der Waals surface area contributed by atoms with Crippen LogP contribution in [0.3, 0.4) is 0 Å². The van der Waals surface area contributed by atoms with Crippen molar-refractivity contribution in [1.82, 2.24) is 0 Å². The highest BCUT2D eigenvalue weighted by Gasteiger charge is 2.46. The number of rotatable bonds is 11. The van der Waals surface area contributed by atoms with Crippen LogP contribution in [0.4, 0.5) is 0 Å². The van der Waals surface area contributed by atoms with Gasteiger partial charge in [0.1, 0.15) is 59.6 Å². The highest BCUT2D eigenvalue weighted by molar-refractivity contribution is 6.01. The molecule has 0 saturated carbocycles. The molecule has 13 nitrogen and oxygen atoms in total. The number of hydrogen-bond donors (Lipinski definition) is 7. The summed E-state index contributed by atoms with van der Waals surface area (Å²) in [5, 5.41) is 71.1. The molecule has 0 amide bonds. The Balaban J connectivity index is 1.44. The molecule has 13 heteroatoms. The topological polar surface area (TPSA) is 213 Å². The molecule has 1 fully saturated rings. The number of methoxy groups -OCH3 is 1. The van der Waals surface area contributed by atoms with E-state index in [1.165, 1.54) is 43.5 Å². The van der Waals surface area contributed by atoms with Crippen molar-refractivity contribution in [2.24, 2.45) is 0 Å². The number of carbonyl (C=O) groups is 2. The second-order valence-electron chi connectivity index (χ2n) is 9.95. The molecule has 3 aromatic rings. The first-order chi connectivity index (χ1) is 21.0. The average Bonchev–Trinajstić information content (AvgIpc) is 2.99. The molecular formula is C31H32O13. The van der Waals surface area contributed by atoms with Gasteiger partial charge in [-0.3, -0.25) is 4.79 Å². The van der Waals surface area contributed by atoms with Gasteiger partial charge in [0.25, 0.3) is 0 Å². The number of carbonyl (C=O) groups excluding carboxylic acids is 2. The van der Waals surface area contributed by atoms with Crippen LogP contribution in [-0.2, 0) is 20.7 Å². The Morgan fingerprint density at radius 3 is 2.27 bits per heavy atom. The van der Waals surface area contributed by atoms with Gasteiger partial charge in [0.2, 0.25) is 6.29 Å². The Morgan fingerprint density at radius 1 is 0.841 bits per heavy atom. The SMILES string of the molecule is COc1cc(/C=C/C(=O)OC[C@H]2O[C@@H](Oc3cc(O)cc(O)c3C(=O)CCc3ccc(O)cc3)[C@H](O)[C@@H](O)[C@@H]2O)ccc1O. The maximum absolute atomic E-state index is 13.1. The van der Waals surface area contributed by atoms with Gasteiger partial charge in [-0.15, -0.1) is 0 Å². The lowest BCUT2D eigenvalue weighted by molar-refractivity contribution is -0.278. The zero-order valence-electron chi connectivity index (χ0n) is 23.4. The van der Waals surface area contributed by atoms with Crippen molar-refractivity contribution in [3.8, 4) is 34.5 Å². The number of benzene rings is 3. The molecule has 1 aliphatic rings. The Hall–Kier alpha value is -4.82. The quantitative estimate of drug-likeness (QED) is 0.0936. The number of esters is 1. The molecule has 0 bridgehead atoms. The van der Waals surface area contributed by atoms with Crippen molar-refractivity contribution in [2.45, 2.75) is 43.5 Å². The fraction of sp³-hybridized carbons (Fsp3) is 0.290. The third-order valence-corrected chi connectivity index (χ3v) is 6.84. The number of aromatic hydroxyl groups is 4. The minimum absolute atomic E-state index is 0.0601. The molecule has 234 valence electrons. The Kier molecular flexibility index (Phi) is 10.3. The summed E-state index contributed by atoms with van der Waals surface area (Å²) in [5.41, 5.74) is 0.923. The monoisotopic (exact) mass is 612 g/mol. The lowest BCUT2D eigenvalue weighted by atomic mass is 9.98. The van der Waals surface area contributed by atoms with Gasteiger partial charge in [-0.1, -0.05) is 18.2 Å². The van der Waals surface area contributed by atoms with Crippen LogP contribution in [-0.4, -0.2) is 91.9 Å². The summed E-state index contributed by atoms with van der Waals surface area (Å²) in [6.07, 6.45) is -5.86. The largest absolute Gasteiger partial charge is 0.508 e. The summed E-state index contributed by atoms with van der Waals surface area (Å²) < 4.78 is 21.4. The van der Waals surface area contributed by atoms with Crippen molar-refractivity contribution >= 4 is 17.8 Å². The molecule has 0 aromatic heterocycles. The molecule has 0 unspecified atom stereocenters. The molecule has 1 aliphatic heterocycles. The Labute approximate surface area is 251 Å². The standard InChI is InChI=1S/C31H32O13/c1-41-23-12-17(5-9-20(23)34)6-11-26(37)42-15-25-28(38)29(39)30(40)31(44-25)43-24-14-19(33)13-22(36)27(24)21(35)10-4-16-2-7-18(32)8-3-16/h2-3,5-9,11-14,25,28-34,36,38-40H,4,10,15H2,1H3/b11-6+/t25-,28-,29+,30-,31-/m1/s1. The third-order valence-electron chi connectivity index (χ3n) is 6.84. The van der Waals surface area contributed by atoms with Crippen LogP contribution in [0.5, 0.6) is 34.5 Å². The van der Waals surface area contributed by atoms with Gasteiger partial charge in [-0.25, -0.2) is 4.79 Å². The van der Waals surface area contributed by atoms with E-state index in [-0.39, 0.29) is 41.4 Å². The zero-order chi connectivity index (χ0) is 32.0. The fourth-order valence-electron chi connectivity index (χ4n) is 4.46. The van der Waals surface area contributed by atoms with Crippen LogP contribution in [0, 0.1) is 0 Å². The predicted octanol–water partition coefficient (Wildman–Crippen LogP) is 1.78. The number of hydrogen-bond acceptors (Lipinski definition) is 13. The number of phenolic OH excluding ortho intramolecular Hbond substituents is 4. The van der Waals surface area contributed by atoms with Crippen LogP contribution in [0.25, 0.3) is 6.08 Å². The van der Waals surface area contributed by atoms with Gasteiger partial charge in [0.05, 0.1) is 7.11 Å². The lowest BCUT2D eigenvalue weighted by Gasteiger charge is -2.40. The van der Waals surface area contributed by atoms with Crippen molar-refractivity contribution in [3.63, 3.8) is 0 Å². The van der Waals surface area contributed by atoms with E-state index in [9.17, 15) is 45.3 Å². The minimum Gasteiger partial charge on any atom is -0.508 e. The molecule has 7 N–H and O–H groups in total. The van der Waals surface area contributed by atoms with Crippen LogP contribution in [0.2, 0.25) is 0 Å². The normalized spacial score (nSPS) is 21.6. The first kappa shape index (κ1) is 32.1. The van der Waals surface area contributed by atoms with Gasteiger partial charge in [-0.05, 0) is 47.9 Å². The summed E-state index contributed by atoms with van der Waals surface area (Å²) in [6.45, 7) is -0.573. The van der Waals surface area contributed by atoms with Gasteiger partial charge in [-0.2, -0.15) is 0 Å². The molecule has 1 heterocycles. The highest BCUT2D eigenvalue weighted by atomic mass is 16.7. The van der Waals surface area contributed by atoms with E-state index < -0.39 is 60.6 Å². The molecular weight excluding hydrogens is 580 g/mol. The van der Waals surface area contributed by atoms with Gasteiger partial charge in [0, 0.05) is 24.6 Å². The van der Waals surface area contributed by atoms with E-state index in [1.807, 2.05) is 0 Å². The predicted molar refractivity (Wildman–Crippen MR) is 152 cm³/mol. The summed E-state index contributed by atoms with van der Waals surface area (Å²) >= 11 is 0. The van der Waals surface area contributed by atoms with Gasteiger partial charge < -0.3 is 54.7 Å². The van der Waals surface area contributed by atoms with E-state index in [1.54, 1.807) is 12.1 Å². The number of aliphatic hydroxyl groups is 3. The number of aryl methyl sites for hydroxylation is 1. The summed E-state index contributed by atoms with van der Waals surface area (Å²) in [6, 6.07) is 12.5. The summed E-state index contributed by atoms with van der Waals surface area (Å²) in [7, 11) is 1.37. The second-order valence-corrected chi connectivity index (χ2v) is 9.95. The molecule has 0 aliphatic carbocycles. The lowest BCUT2D eigenvalue weighted by Crippen LogP contribution is -2.60. The molecule has 44 heavy (non-hydrogen) atoms. The molecule has 5 atom stereocenters. The van der Waals surface area contributed by atoms with E-state index in [4.69, 9.17) is 18.9 Å². The smallest absolute Gasteiger partial charge is 0.330 e. The Morgan fingerprint density at radius 2 is 1.57 bits per heavy atom. The van der Waals surface area contributed by atoms with Crippen LogP contribution < -0.4 is 9.47 Å². The zero-order valence-corrected chi connectivity index (χ0v) is 23.4. The fourth-order valence-corrected chi connectivity index (χ4v) is 4.46. The van der Waals surface area contributed by atoms with E-state index in [0.29, 0.717) is 5.56 Å². The van der Waals surface area contributed by atoms with Crippen LogP contribution >= 0.6 is 0 Å². The molecule has 0 spiro atoms. The van der Waals surface area contributed by atoms with E-state index in [2.05, 4.69) is 0 Å². The summed E-state index contributed by atoms with van der Waals surface area (Å²) in [4.78, 5) is 25.4. The van der Waals surface area contributed by atoms with Crippen molar-refractivity contribution < 1.29 is 64.3 Å². The van der Waals surface area contributed by atoms with Gasteiger partial charge in [0.15, 0.2) is 17.3 Å². The molecule has 1 saturated heterocycles. The number of aliphatic hydroxyl groups excluding tert-OH is 3. The maximum atomic E-state index is 13.1. The highest BCUT2D eigenvalue weighted by Crippen LogP contribution is 2.36. The van der Waals surface area contributed by atoms with Crippen molar-refractivity contribution in [2.75, 3.05) is 13.7 Å². The third kappa shape index (κ3) is 7.76. The first-order valence-corrected chi connectivity index (χ1v) is 13.4.